The van der Waals surface area contributed by atoms with Gasteiger partial charge in [0.25, 0.3) is 5.91 Å². The van der Waals surface area contributed by atoms with E-state index in [1.165, 1.54) is 6.21 Å². The smallest absolute Gasteiger partial charge is 0.344 e. The molecule has 0 heterocycles. The van der Waals surface area contributed by atoms with Gasteiger partial charge in [0.1, 0.15) is 11.5 Å². The van der Waals surface area contributed by atoms with Gasteiger partial charge in [-0.25, -0.2) is 10.2 Å². The zero-order chi connectivity index (χ0) is 23.9. The van der Waals surface area contributed by atoms with Crippen LogP contribution < -0.4 is 14.9 Å². The average molecular weight is 453 g/mol. The number of hydrogen-bond donors (Lipinski definition) is 1. The Kier molecular flexibility index (Phi) is 6.98. The minimum Gasteiger partial charge on any atom is -0.483 e. The number of nitrogens with zero attached hydrogens (tertiary/aromatic N) is 1. The van der Waals surface area contributed by atoms with Crippen molar-refractivity contribution in [2.24, 2.45) is 5.10 Å². The Labute approximate surface area is 197 Å². The van der Waals surface area contributed by atoms with Crippen molar-refractivity contribution >= 4 is 28.9 Å². The Morgan fingerprint density at radius 1 is 0.853 bits per heavy atom. The van der Waals surface area contributed by atoms with Crippen molar-refractivity contribution in [2.75, 3.05) is 6.61 Å². The van der Waals surface area contributed by atoms with Gasteiger partial charge in [-0.1, -0.05) is 54.6 Å². The topological polar surface area (TPSA) is 77.0 Å². The lowest BCUT2D eigenvalue weighted by atomic mass is 10.0. The molecule has 0 saturated carbocycles. The van der Waals surface area contributed by atoms with Crippen LogP contribution in [0.2, 0.25) is 0 Å². The zero-order valence-electron chi connectivity index (χ0n) is 18.9. The van der Waals surface area contributed by atoms with E-state index in [9.17, 15) is 9.59 Å². The molecule has 6 heteroatoms. The predicted octanol–water partition coefficient (Wildman–Crippen LogP) is 5.20. The summed E-state index contributed by atoms with van der Waals surface area (Å²) in [5.74, 6) is 0.338. The third-order valence-electron chi connectivity index (χ3n) is 5.26. The lowest BCUT2D eigenvalue weighted by Crippen LogP contribution is -2.25. The van der Waals surface area contributed by atoms with Gasteiger partial charge < -0.3 is 9.47 Å². The van der Waals surface area contributed by atoms with Crippen LogP contribution >= 0.6 is 0 Å². The fourth-order valence-electron chi connectivity index (χ4n) is 3.56. The molecule has 0 unspecified atom stereocenters. The number of rotatable bonds is 7. The molecule has 0 aliphatic carbocycles. The normalized spacial score (nSPS) is 10.9. The summed E-state index contributed by atoms with van der Waals surface area (Å²) in [6.07, 6.45) is 1.51. The Hall–Kier alpha value is -4.45. The highest BCUT2D eigenvalue weighted by Gasteiger charge is 2.12. The second-order valence-electron chi connectivity index (χ2n) is 7.79. The first-order valence-corrected chi connectivity index (χ1v) is 10.8. The Morgan fingerprint density at radius 3 is 2.29 bits per heavy atom. The first-order chi connectivity index (χ1) is 16.5. The zero-order valence-corrected chi connectivity index (χ0v) is 18.9. The maximum absolute atomic E-state index is 12.7. The molecule has 0 atom stereocenters. The summed E-state index contributed by atoms with van der Waals surface area (Å²) in [7, 11) is 0. The number of ether oxygens (including phenoxy) is 2. The maximum Gasteiger partial charge on any atom is 0.344 e. The number of carbonyl (C=O) groups excluding carboxylic acids is 2. The summed E-state index contributed by atoms with van der Waals surface area (Å²) >= 11 is 0. The van der Waals surface area contributed by atoms with Crippen molar-refractivity contribution in [3.63, 3.8) is 0 Å². The van der Waals surface area contributed by atoms with Crippen LogP contribution in [0.5, 0.6) is 11.5 Å². The van der Waals surface area contributed by atoms with Crippen LogP contribution in [-0.2, 0) is 4.79 Å². The fourth-order valence-corrected chi connectivity index (χ4v) is 3.56. The van der Waals surface area contributed by atoms with E-state index in [0.717, 1.165) is 27.5 Å². The Bertz CT molecular complexity index is 1340. The number of hydrazone groups is 1. The summed E-state index contributed by atoms with van der Waals surface area (Å²) in [4.78, 5) is 24.7. The summed E-state index contributed by atoms with van der Waals surface area (Å²) in [5, 5.41) is 5.78. The number of nitrogens with one attached hydrogen (secondary N) is 1. The van der Waals surface area contributed by atoms with Gasteiger partial charge in [0.05, 0.1) is 11.8 Å². The summed E-state index contributed by atoms with van der Waals surface area (Å²) < 4.78 is 11.1. The van der Waals surface area contributed by atoms with E-state index in [0.29, 0.717) is 17.1 Å². The highest BCUT2D eigenvalue weighted by molar-refractivity contribution is 6.05. The molecule has 0 spiro atoms. The van der Waals surface area contributed by atoms with Gasteiger partial charge in [-0.2, -0.15) is 5.10 Å². The maximum atomic E-state index is 12.7. The first-order valence-electron chi connectivity index (χ1n) is 10.8. The number of para-hydroxylation sites is 1. The summed E-state index contributed by atoms with van der Waals surface area (Å²) in [6, 6.07) is 25.9. The molecule has 0 bridgehead atoms. The van der Waals surface area contributed by atoms with E-state index in [1.807, 2.05) is 68.4 Å². The van der Waals surface area contributed by atoms with E-state index in [2.05, 4.69) is 10.5 Å². The average Bonchev–Trinajstić information content (AvgIpc) is 2.84. The largest absolute Gasteiger partial charge is 0.483 e. The van der Waals surface area contributed by atoms with Crippen molar-refractivity contribution in [1.82, 2.24) is 5.43 Å². The third-order valence-corrected chi connectivity index (χ3v) is 5.26. The highest BCUT2D eigenvalue weighted by Crippen LogP contribution is 2.22. The molecule has 6 nitrogen and oxygen atoms in total. The molecule has 4 aromatic rings. The molecule has 1 amide bonds. The van der Waals surface area contributed by atoms with E-state index in [-0.39, 0.29) is 12.5 Å². The third kappa shape index (κ3) is 5.48. The minimum atomic E-state index is -0.422. The van der Waals surface area contributed by atoms with Gasteiger partial charge in [0, 0.05) is 0 Å². The van der Waals surface area contributed by atoms with Crippen LogP contribution in [0.1, 0.15) is 27.0 Å². The molecule has 0 aromatic heterocycles. The number of amides is 1. The number of esters is 1. The lowest BCUT2D eigenvalue weighted by Gasteiger charge is -2.10. The van der Waals surface area contributed by atoms with Crippen LogP contribution in [0.25, 0.3) is 10.8 Å². The van der Waals surface area contributed by atoms with Gasteiger partial charge in [-0.05, 0) is 71.6 Å². The van der Waals surface area contributed by atoms with E-state index in [4.69, 9.17) is 9.47 Å². The van der Waals surface area contributed by atoms with Crippen molar-refractivity contribution < 1.29 is 19.1 Å². The Balaban J connectivity index is 1.31. The Morgan fingerprint density at radius 2 is 1.53 bits per heavy atom. The molecule has 1 N–H and O–H groups in total. The fraction of sp³-hybridized carbons (Fsp3) is 0.107. The molecule has 0 radical (unpaired) electrons. The van der Waals surface area contributed by atoms with Crippen LogP contribution in [0.3, 0.4) is 0 Å². The molecule has 0 fully saturated rings. The number of benzene rings is 4. The van der Waals surface area contributed by atoms with E-state index >= 15 is 0 Å². The molecule has 170 valence electrons. The number of carbonyl (C=O) groups is 2. The molecule has 4 rings (SSSR count). The van der Waals surface area contributed by atoms with Crippen LogP contribution in [0, 0.1) is 13.8 Å². The van der Waals surface area contributed by atoms with E-state index < -0.39 is 5.97 Å². The lowest BCUT2D eigenvalue weighted by molar-refractivity contribution is -0.123. The second-order valence-corrected chi connectivity index (χ2v) is 7.79. The second kappa shape index (κ2) is 10.4. The monoisotopic (exact) mass is 452 g/mol. The van der Waals surface area contributed by atoms with Gasteiger partial charge in [0.2, 0.25) is 0 Å². The number of hydrogen-bond acceptors (Lipinski definition) is 5. The van der Waals surface area contributed by atoms with Crippen LogP contribution in [-0.4, -0.2) is 24.7 Å². The van der Waals surface area contributed by atoms with Crippen molar-refractivity contribution in [3.05, 3.63) is 107 Å². The van der Waals surface area contributed by atoms with Gasteiger partial charge in [-0.3, -0.25) is 4.79 Å². The van der Waals surface area contributed by atoms with Crippen LogP contribution in [0.15, 0.2) is 90.0 Å². The molecule has 0 saturated heterocycles. The van der Waals surface area contributed by atoms with Crippen molar-refractivity contribution in [1.29, 1.82) is 0 Å². The molecular formula is C28H24N2O4. The number of fused-ring (bicyclic) bond motifs is 1. The molecule has 0 aliphatic heterocycles. The van der Waals surface area contributed by atoms with Gasteiger partial charge >= 0.3 is 5.97 Å². The molecule has 4 aromatic carbocycles. The molecular weight excluding hydrogens is 428 g/mol. The minimum absolute atomic E-state index is 0.133. The SMILES string of the molecule is Cc1cccc(C)c1OCC(=O)N/N=C/c1ccc(OC(=O)c2cccc3ccccc23)cc1. The van der Waals surface area contributed by atoms with Crippen molar-refractivity contribution in [2.45, 2.75) is 13.8 Å². The first kappa shape index (κ1) is 22.7. The van der Waals surface area contributed by atoms with Gasteiger partial charge in [-0.15, -0.1) is 0 Å². The predicted molar refractivity (Wildman–Crippen MR) is 132 cm³/mol. The highest BCUT2D eigenvalue weighted by atomic mass is 16.5. The van der Waals surface area contributed by atoms with Crippen molar-refractivity contribution in [3.8, 4) is 11.5 Å². The van der Waals surface area contributed by atoms with E-state index in [1.54, 1.807) is 30.3 Å². The summed E-state index contributed by atoms with van der Waals surface area (Å²) in [6.45, 7) is 3.73. The number of aryl methyl sites for hydroxylation is 2. The van der Waals surface area contributed by atoms with Gasteiger partial charge in [0.15, 0.2) is 6.61 Å². The van der Waals surface area contributed by atoms with Crippen LogP contribution in [0.4, 0.5) is 0 Å². The molecule has 0 aliphatic rings. The molecule has 34 heavy (non-hydrogen) atoms. The standard InChI is InChI=1S/C28H24N2O4/c1-19-7-5-8-20(2)27(19)33-18-26(31)30-29-17-21-13-15-23(16-14-21)34-28(32)25-12-6-10-22-9-3-4-11-24(22)25/h3-17H,18H2,1-2H3,(H,30,31)/b29-17+. The summed E-state index contributed by atoms with van der Waals surface area (Å²) in [5.41, 5.74) is 5.63. The quantitative estimate of drug-likeness (QED) is 0.181.